The summed E-state index contributed by atoms with van der Waals surface area (Å²) >= 11 is 6.00. The van der Waals surface area contributed by atoms with E-state index in [-0.39, 0.29) is 11.9 Å². The average molecular weight is 422 g/mol. The summed E-state index contributed by atoms with van der Waals surface area (Å²) < 4.78 is 0. The second-order valence-corrected chi connectivity index (χ2v) is 9.02. The molecular weight excluding hydrogens is 394 g/mol. The van der Waals surface area contributed by atoms with Crippen molar-refractivity contribution in [2.75, 3.05) is 13.1 Å². The third-order valence-corrected chi connectivity index (χ3v) is 6.86. The summed E-state index contributed by atoms with van der Waals surface area (Å²) in [5, 5.41) is 13.1. The van der Waals surface area contributed by atoms with E-state index in [1.165, 1.54) is 18.4 Å². The molecule has 2 atom stereocenters. The van der Waals surface area contributed by atoms with Crippen molar-refractivity contribution in [3.8, 4) is 6.07 Å². The second kappa shape index (κ2) is 9.64. The van der Waals surface area contributed by atoms with Gasteiger partial charge in [-0.05, 0) is 93.4 Å². The van der Waals surface area contributed by atoms with E-state index in [0.717, 1.165) is 43.8 Å². The predicted molar refractivity (Wildman–Crippen MR) is 120 cm³/mol. The van der Waals surface area contributed by atoms with Crippen LogP contribution in [0.1, 0.15) is 53.6 Å². The van der Waals surface area contributed by atoms with Gasteiger partial charge in [-0.2, -0.15) is 5.26 Å². The first-order valence-corrected chi connectivity index (χ1v) is 11.3. The molecule has 4 nitrogen and oxygen atoms in total. The van der Waals surface area contributed by atoms with Gasteiger partial charge < -0.3 is 5.32 Å². The van der Waals surface area contributed by atoms with Gasteiger partial charge in [0.05, 0.1) is 11.6 Å². The van der Waals surface area contributed by atoms with Crippen molar-refractivity contribution in [3.05, 3.63) is 70.2 Å². The zero-order valence-corrected chi connectivity index (χ0v) is 17.9. The number of halogens is 1. The smallest absolute Gasteiger partial charge is 0.251 e. The highest BCUT2D eigenvalue weighted by Gasteiger charge is 2.35. The van der Waals surface area contributed by atoms with Crippen LogP contribution in [0.25, 0.3) is 0 Å². The minimum absolute atomic E-state index is 0.0679. The van der Waals surface area contributed by atoms with Gasteiger partial charge in [-0.15, -0.1) is 0 Å². The molecule has 2 aromatic carbocycles. The zero-order valence-electron chi connectivity index (χ0n) is 17.2. The van der Waals surface area contributed by atoms with E-state index in [2.05, 4.69) is 28.4 Å². The van der Waals surface area contributed by atoms with E-state index >= 15 is 0 Å². The fourth-order valence-corrected chi connectivity index (χ4v) is 5.10. The number of nitrogens with one attached hydrogen (secondary N) is 1. The molecule has 1 heterocycles. The maximum absolute atomic E-state index is 12.7. The number of nitriles is 1. The minimum Gasteiger partial charge on any atom is -0.348 e. The maximum Gasteiger partial charge on any atom is 0.251 e. The highest BCUT2D eigenvalue weighted by Crippen LogP contribution is 2.30. The van der Waals surface area contributed by atoms with E-state index in [4.69, 9.17) is 16.9 Å². The lowest BCUT2D eigenvalue weighted by atomic mass is 9.89. The molecule has 1 aliphatic heterocycles. The van der Waals surface area contributed by atoms with Crippen LogP contribution in [0.4, 0.5) is 0 Å². The van der Waals surface area contributed by atoms with Gasteiger partial charge in [0, 0.05) is 22.7 Å². The molecule has 4 rings (SSSR count). The highest BCUT2D eigenvalue weighted by atomic mass is 35.5. The summed E-state index contributed by atoms with van der Waals surface area (Å²) in [5.74, 6) is 0.646. The SMILES string of the molecule is N#Cc1cccc(C(=O)NC2CCCC2N2CCC(Cc3ccc(Cl)cc3)CC2)c1. The van der Waals surface area contributed by atoms with Crippen molar-refractivity contribution in [1.82, 2.24) is 10.2 Å². The van der Waals surface area contributed by atoms with Crippen LogP contribution in [-0.4, -0.2) is 36.0 Å². The molecule has 1 N–H and O–H groups in total. The van der Waals surface area contributed by atoms with E-state index in [1.807, 2.05) is 12.1 Å². The summed E-state index contributed by atoms with van der Waals surface area (Å²) in [6, 6.07) is 17.9. The van der Waals surface area contributed by atoms with Gasteiger partial charge in [0.15, 0.2) is 0 Å². The Hall–Kier alpha value is -2.35. The van der Waals surface area contributed by atoms with Crippen molar-refractivity contribution < 1.29 is 4.79 Å². The van der Waals surface area contributed by atoms with Gasteiger partial charge in [-0.1, -0.05) is 29.8 Å². The normalized spacial score (nSPS) is 22.5. The number of hydrogen-bond donors (Lipinski definition) is 1. The van der Waals surface area contributed by atoms with Crippen LogP contribution in [0.2, 0.25) is 5.02 Å². The van der Waals surface area contributed by atoms with Crippen molar-refractivity contribution in [2.45, 2.75) is 50.6 Å². The molecule has 5 heteroatoms. The molecule has 0 spiro atoms. The van der Waals surface area contributed by atoms with E-state index in [0.29, 0.717) is 23.1 Å². The summed E-state index contributed by atoms with van der Waals surface area (Å²) in [7, 11) is 0. The molecule has 2 aromatic rings. The lowest BCUT2D eigenvalue weighted by Gasteiger charge is -2.38. The molecule has 30 heavy (non-hydrogen) atoms. The molecule has 2 fully saturated rings. The molecule has 1 saturated carbocycles. The minimum atomic E-state index is -0.0679. The van der Waals surface area contributed by atoms with Crippen LogP contribution < -0.4 is 5.32 Å². The number of benzene rings is 2. The number of carbonyl (C=O) groups is 1. The molecule has 2 aliphatic rings. The molecular formula is C25H28ClN3O. The lowest BCUT2D eigenvalue weighted by molar-refractivity contribution is 0.0862. The Balaban J connectivity index is 1.31. The van der Waals surface area contributed by atoms with Crippen LogP contribution >= 0.6 is 11.6 Å². The van der Waals surface area contributed by atoms with Crippen LogP contribution in [0.3, 0.4) is 0 Å². The van der Waals surface area contributed by atoms with Gasteiger partial charge >= 0.3 is 0 Å². The number of amides is 1. The Labute approximate surface area is 183 Å². The van der Waals surface area contributed by atoms with Gasteiger partial charge in [0.1, 0.15) is 0 Å². The molecule has 0 radical (unpaired) electrons. The topological polar surface area (TPSA) is 56.1 Å². The highest BCUT2D eigenvalue weighted by molar-refractivity contribution is 6.30. The Morgan fingerprint density at radius 2 is 1.87 bits per heavy atom. The van der Waals surface area contributed by atoms with Crippen LogP contribution in [-0.2, 0) is 6.42 Å². The van der Waals surface area contributed by atoms with Gasteiger partial charge in [-0.3, -0.25) is 9.69 Å². The second-order valence-electron chi connectivity index (χ2n) is 8.58. The van der Waals surface area contributed by atoms with Gasteiger partial charge in [-0.25, -0.2) is 0 Å². The monoisotopic (exact) mass is 421 g/mol. The standard InChI is InChI=1S/C25H28ClN3O/c26-22-9-7-18(8-10-22)15-19-11-13-29(14-12-19)24-6-2-5-23(24)28-25(30)21-4-1-3-20(16-21)17-27/h1,3-4,7-10,16,19,23-24H,2,5-6,11-15H2,(H,28,30). The summed E-state index contributed by atoms with van der Waals surface area (Å²) in [6.07, 6.45) is 6.84. The lowest BCUT2D eigenvalue weighted by Crippen LogP contribution is -2.51. The Kier molecular flexibility index (Phi) is 6.72. The number of nitrogens with zero attached hydrogens (tertiary/aromatic N) is 2. The summed E-state index contributed by atoms with van der Waals surface area (Å²) in [4.78, 5) is 15.3. The van der Waals surface area contributed by atoms with Crippen LogP contribution in [0.15, 0.2) is 48.5 Å². The van der Waals surface area contributed by atoms with Gasteiger partial charge in [0.25, 0.3) is 5.91 Å². The van der Waals surface area contributed by atoms with Gasteiger partial charge in [0.2, 0.25) is 0 Å². The number of hydrogen-bond acceptors (Lipinski definition) is 3. The van der Waals surface area contributed by atoms with E-state index < -0.39 is 0 Å². The van der Waals surface area contributed by atoms with E-state index in [1.54, 1.807) is 24.3 Å². The molecule has 0 aromatic heterocycles. The summed E-state index contributed by atoms with van der Waals surface area (Å²) in [6.45, 7) is 2.19. The molecule has 156 valence electrons. The summed E-state index contributed by atoms with van der Waals surface area (Å²) in [5.41, 5.74) is 2.46. The van der Waals surface area contributed by atoms with Crippen molar-refractivity contribution in [3.63, 3.8) is 0 Å². The third-order valence-electron chi connectivity index (χ3n) is 6.61. The molecule has 0 bridgehead atoms. The van der Waals surface area contributed by atoms with Crippen LogP contribution in [0.5, 0.6) is 0 Å². The Bertz CT molecular complexity index is 913. The Morgan fingerprint density at radius 1 is 1.10 bits per heavy atom. The van der Waals surface area contributed by atoms with Crippen molar-refractivity contribution in [1.29, 1.82) is 5.26 Å². The first-order valence-electron chi connectivity index (χ1n) is 10.9. The number of carbonyl (C=O) groups excluding carboxylic acids is 1. The number of likely N-dealkylation sites (tertiary alicyclic amines) is 1. The van der Waals surface area contributed by atoms with Crippen molar-refractivity contribution >= 4 is 17.5 Å². The first-order chi connectivity index (χ1) is 14.6. The maximum atomic E-state index is 12.7. The van der Waals surface area contributed by atoms with Crippen LogP contribution in [0, 0.1) is 17.2 Å². The number of rotatable bonds is 5. The zero-order chi connectivity index (χ0) is 20.9. The van der Waals surface area contributed by atoms with E-state index in [9.17, 15) is 4.79 Å². The fraction of sp³-hybridized carbons (Fsp3) is 0.440. The first kappa shape index (κ1) is 20.9. The molecule has 1 amide bonds. The third kappa shape index (κ3) is 5.03. The average Bonchev–Trinajstić information content (AvgIpc) is 3.24. The fourth-order valence-electron chi connectivity index (χ4n) is 4.97. The Morgan fingerprint density at radius 3 is 2.60 bits per heavy atom. The number of piperidine rings is 1. The largest absolute Gasteiger partial charge is 0.348 e. The molecule has 1 saturated heterocycles. The quantitative estimate of drug-likeness (QED) is 0.753. The predicted octanol–water partition coefficient (Wildman–Crippen LogP) is 4.82. The molecule has 2 unspecified atom stereocenters. The molecule has 1 aliphatic carbocycles. The van der Waals surface area contributed by atoms with Crippen molar-refractivity contribution in [2.24, 2.45) is 5.92 Å².